The van der Waals surface area contributed by atoms with Crippen LogP contribution in [0.1, 0.15) is 36.9 Å². The zero-order chi connectivity index (χ0) is 17.8. The molecule has 1 saturated carbocycles. The molecule has 0 aromatic carbocycles. The third kappa shape index (κ3) is 2.96. The first-order valence-corrected chi connectivity index (χ1v) is 10.2. The van der Waals surface area contributed by atoms with Gasteiger partial charge in [0, 0.05) is 25.2 Å². The molecule has 1 aliphatic carbocycles. The molecule has 0 unspecified atom stereocenters. The van der Waals surface area contributed by atoms with Gasteiger partial charge in [0.1, 0.15) is 0 Å². The zero-order valence-electron chi connectivity index (χ0n) is 13.9. The van der Waals surface area contributed by atoms with Crippen LogP contribution in [-0.2, 0) is 10.0 Å². The Labute approximate surface area is 145 Å². The second-order valence-electron chi connectivity index (χ2n) is 6.84. The van der Waals surface area contributed by atoms with E-state index in [9.17, 15) is 18.0 Å². The molecule has 1 atom stereocenters. The Bertz CT molecular complexity index is 817. The first-order valence-electron chi connectivity index (χ1n) is 8.34. The van der Waals surface area contributed by atoms with Gasteiger partial charge in [-0.15, -0.1) is 5.10 Å². The number of carbonyl (C=O) groups excluding carboxylic acids is 2. The molecule has 3 fully saturated rings. The number of sulfonamides is 1. The third-order valence-corrected chi connectivity index (χ3v) is 6.07. The van der Waals surface area contributed by atoms with Gasteiger partial charge in [-0.05, 0) is 19.3 Å². The molecule has 2 aliphatic heterocycles. The molecule has 136 valence electrons. The number of amides is 4. The summed E-state index contributed by atoms with van der Waals surface area (Å²) in [6.45, 7) is 1.04. The van der Waals surface area contributed by atoms with E-state index in [-0.39, 0.29) is 19.1 Å². The number of carbonyl (C=O) groups is 2. The molecular weight excluding hydrogens is 348 g/mol. The summed E-state index contributed by atoms with van der Waals surface area (Å²) >= 11 is 0. The van der Waals surface area contributed by atoms with Gasteiger partial charge in [-0.1, -0.05) is 5.21 Å². The minimum atomic E-state index is -3.65. The van der Waals surface area contributed by atoms with Crippen LogP contribution in [0.3, 0.4) is 0 Å². The Balaban J connectivity index is 1.41. The van der Waals surface area contributed by atoms with E-state index in [4.69, 9.17) is 0 Å². The molecule has 0 radical (unpaired) electrons. The molecule has 10 nitrogen and oxygen atoms in total. The summed E-state index contributed by atoms with van der Waals surface area (Å²) in [5, 5.41) is 8.36. The van der Waals surface area contributed by atoms with Crippen molar-refractivity contribution in [3.05, 3.63) is 11.9 Å². The number of nitrogens with zero attached hydrogens (tertiary/aromatic N) is 6. The maximum absolute atomic E-state index is 12.6. The number of hydrogen-bond donors (Lipinski definition) is 0. The first-order chi connectivity index (χ1) is 11.8. The van der Waals surface area contributed by atoms with Gasteiger partial charge in [-0.2, -0.15) is 0 Å². The average molecular weight is 368 g/mol. The van der Waals surface area contributed by atoms with E-state index in [0.29, 0.717) is 19.0 Å². The Morgan fingerprint density at radius 3 is 2.60 bits per heavy atom. The molecule has 2 saturated heterocycles. The molecular formula is C14H20N6O4S. The van der Waals surface area contributed by atoms with E-state index in [1.165, 1.54) is 0 Å². The summed E-state index contributed by atoms with van der Waals surface area (Å²) < 4.78 is 25.7. The summed E-state index contributed by atoms with van der Waals surface area (Å²) in [4.78, 5) is 27.4. The second kappa shape index (κ2) is 5.68. The minimum Gasteiger partial charge on any atom is -0.322 e. The second-order valence-corrected chi connectivity index (χ2v) is 8.74. The van der Waals surface area contributed by atoms with Gasteiger partial charge < -0.3 is 4.90 Å². The predicted molar refractivity (Wildman–Crippen MR) is 86.3 cm³/mol. The lowest BCUT2D eigenvalue weighted by atomic mass is 10.2. The highest BCUT2D eigenvalue weighted by atomic mass is 32.2. The molecule has 0 N–H and O–H groups in total. The molecule has 0 spiro atoms. The van der Waals surface area contributed by atoms with E-state index in [0.717, 1.165) is 40.4 Å². The Kier molecular flexibility index (Phi) is 3.71. The molecule has 25 heavy (non-hydrogen) atoms. The number of aromatic nitrogens is 3. The van der Waals surface area contributed by atoms with Crippen LogP contribution in [0.4, 0.5) is 9.59 Å². The molecule has 3 heterocycles. The highest BCUT2D eigenvalue weighted by Gasteiger charge is 2.41. The predicted octanol–water partition coefficient (Wildman–Crippen LogP) is 0.220. The Hall–Kier alpha value is -2.17. The van der Waals surface area contributed by atoms with E-state index >= 15 is 0 Å². The molecule has 0 bridgehead atoms. The van der Waals surface area contributed by atoms with Gasteiger partial charge in [0.15, 0.2) is 0 Å². The molecule has 4 amide bonds. The van der Waals surface area contributed by atoms with Crippen LogP contribution in [0.15, 0.2) is 6.20 Å². The number of imide groups is 1. The lowest BCUT2D eigenvalue weighted by molar-refractivity contribution is 0.168. The van der Waals surface area contributed by atoms with Crippen LogP contribution < -0.4 is 0 Å². The monoisotopic (exact) mass is 368 g/mol. The lowest BCUT2D eigenvalue weighted by Gasteiger charge is -2.22. The standard InChI is InChI=1S/C14H20N6O4S/c1-25(23,24)20-7-6-18(14(20)22)13(21)17-5-4-11(8-17)19-9-12(15-16-19)10-2-3-10/h9-11H,2-8H2,1H3/t11-/m0/s1. The van der Waals surface area contributed by atoms with Crippen molar-refractivity contribution in [1.82, 2.24) is 29.1 Å². The van der Waals surface area contributed by atoms with Crippen LogP contribution in [0.2, 0.25) is 0 Å². The third-order valence-electron chi connectivity index (χ3n) is 4.93. The highest BCUT2D eigenvalue weighted by molar-refractivity contribution is 7.88. The quantitative estimate of drug-likeness (QED) is 0.755. The van der Waals surface area contributed by atoms with Crippen molar-refractivity contribution in [3.8, 4) is 0 Å². The highest BCUT2D eigenvalue weighted by Crippen LogP contribution is 2.39. The normalized spacial score (nSPS) is 24.4. The summed E-state index contributed by atoms with van der Waals surface area (Å²) in [5.74, 6) is 0.525. The van der Waals surface area contributed by atoms with Gasteiger partial charge in [-0.3, -0.25) is 0 Å². The maximum atomic E-state index is 12.6. The van der Waals surface area contributed by atoms with Crippen LogP contribution in [0.25, 0.3) is 0 Å². The number of rotatable bonds is 3. The van der Waals surface area contributed by atoms with Crippen LogP contribution >= 0.6 is 0 Å². The average Bonchev–Trinajstić information content (AvgIpc) is 2.99. The molecule has 1 aromatic rings. The first kappa shape index (κ1) is 16.3. The van der Waals surface area contributed by atoms with Crippen molar-refractivity contribution in [2.24, 2.45) is 0 Å². The summed E-state index contributed by atoms with van der Waals surface area (Å²) in [5.41, 5.74) is 1.00. The largest absolute Gasteiger partial charge is 0.341 e. The summed E-state index contributed by atoms with van der Waals surface area (Å²) in [6, 6.07) is -1.18. The van der Waals surface area contributed by atoms with Gasteiger partial charge in [0.25, 0.3) is 0 Å². The fraction of sp³-hybridized carbons (Fsp3) is 0.714. The fourth-order valence-electron chi connectivity index (χ4n) is 3.34. The number of likely N-dealkylation sites (tertiary alicyclic amines) is 1. The molecule has 1 aromatic heterocycles. The van der Waals surface area contributed by atoms with Crippen molar-refractivity contribution in [2.75, 3.05) is 32.4 Å². The van der Waals surface area contributed by atoms with Gasteiger partial charge in [-0.25, -0.2) is 31.9 Å². The Morgan fingerprint density at radius 2 is 1.96 bits per heavy atom. The van der Waals surface area contributed by atoms with E-state index < -0.39 is 22.1 Å². The van der Waals surface area contributed by atoms with E-state index in [1.807, 2.05) is 6.20 Å². The fourth-order valence-corrected chi connectivity index (χ4v) is 4.13. The van der Waals surface area contributed by atoms with Crippen molar-refractivity contribution >= 4 is 22.1 Å². The number of urea groups is 2. The number of hydrogen-bond acceptors (Lipinski definition) is 6. The van der Waals surface area contributed by atoms with E-state index in [1.54, 1.807) is 9.58 Å². The van der Waals surface area contributed by atoms with Crippen LogP contribution in [-0.4, -0.2) is 82.0 Å². The topological polar surface area (TPSA) is 109 Å². The van der Waals surface area contributed by atoms with Crippen molar-refractivity contribution in [1.29, 1.82) is 0 Å². The van der Waals surface area contributed by atoms with Crippen LogP contribution in [0.5, 0.6) is 0 Å². The minimum absolute atomic E-state index is 0.00843. The zero-order valence-corrected chi connectivity index (χ0v) is 14.7. The lowest BCUT2D eigenvalue weighted by Crippen LogP contribution is -2.45. The smallest absolute Gasteiger partial charge is 0.322 e. The summed E-state index contributed by atoms with van der Waals surface area (Å²) in [6.07, 6.45) is 5.95. The van der Waals surface area contributed by atoms with Gasteiger partial charge in [0.05, 0.1) is 31.1 Å². The van der Waals surface area contributed by atoms with Gasteiger partial charge in [0.2, 0.25) is 10.0 Å². The van der Waals surface area contributed by atoms with Gasteiger partial charge >= 0.3 is 12.1 Å². The van der Waals surface area contributed by atoms with E-state index in [2.05, 4.69) is 10.3 Å². The van der Waals surface area contributed by atoms with Crippen molar-refractivity contribution in [3.63, 3.8) is 0 Å². The maximum Gasteiger partial charge on any atom is 0.341 e. The molecule has 4 rings (SSSR count). The Morgan fingerprint density at radius 1 is 1.20 bits per heavy atom. The summed E-state index contributed by atoms with van der Waals surface area (Å²) in [7, 11) is -3.65. The molecule has 3 aliphatic rings. The van der Waals surface area contributed by atoms with Crippen molar-refractivity contribution < 1.29 is 18.0 Å². The SMILES string of the molecule is CS(=O)(=O)N1CCN(C(=O)N2CC[C@H](n3cc(C4CC4)nn3)C2)C1=O. The molecule has 11 heteroatoms. The van der Waals surface area contributed by atoms with Crippen LogP contribution in [0, 0.1) is 0 Å². The van der Waals surface area contributed by atoms with Crippen molar-refractivity contribution in [2.45, 2.75) is 31.2 Å².